The molecule has 0 bridgehead atoms. The molecule has 0 spiro atoms. The minimum Gasteiger partial charge on any atom is -0.481 e. The molecule has 0 radical (unpaired) electrons. The smallest absolute Gasteiger partial charge is 0.303 e. The van der Waals surface area contributed by atoms with Crippen LogP contribution in [-0.4, -0.2) is 34.3 Å². The van der Waals surface area contributed by atoms with Crippen molar-refractivity contribution >= 4 is 17.8 Å². The molecule has 0 fully saturated rings. The lowest BCUT2D eigenvalue weighted by atomic mass is 10.1. The third-order valence-electron chi connectivity index (χ3n) is 3.90. The number of carboxylic acids is 1. The van der Waals surface area contributed by atoms with Crippen molar-refractivity contribution in [3.05, 3.63) is 34.9 Å². The minimum atomic E-state index is -0.763. The fraction of sp³-hybridized carbons (Fsp3) is 0.471. The summed E-state index contributed by atoms with van der Waals surface area (Å²) in [6.45, 7) is 2.34. The van der Waals surface area contributed by atoms with E-state index in [1.807, 2.05) is 13.0 Å². The molecule has 1 aromatic carbocycles. The van der Waals surface area contributed by atoms with E-state index in [0.717, 1.165) is 31.2 Å². The SMILES string of the molecule is Cc1ccc2c(c1)C(=O)N(CCCCCCCC(=O)O)C2=O. The van der Waals surface area contributed by atoms with Gasteiger partial charge < -0.3 is 5.11 Å². The first-order chi connectivity index (χ1) is 10.5. The van der Waals surface area contributed by atoms with Crippen molar-refractivity contribution in [1.29, 1.82) is 0 Å². The van der Waals surface area contributed by atoms with Gasteiger partial charge in [-0.15, -0.1) is 0 Å². The summed E-state index contributed by atoms with van der Waals surface area (Å²) in [7, 11) is 0. The van der Waals surface area contributed by atoms with Crippen LogP contribution in [0.3, 0.4) is 0 Å². The van der Waals surface area contributed by atoms with E-state index in [0.29, 0.717) is 24.1 Å². The van der Waals surface area contributed by atoms with Gasteiger partial charge in [0.15, 0.2) is 0 Å². The highest BCUT2D eigenvalue weighted by atomic mass is 16.4. The van der Waals surface area contributed by atoms with Gasteiger partial charge in [0.05, 0.1) is 11.1 Å². The average Bonchev–Trinajstić information content (AvgIpc) is 2.70. The Balaban J connectivity index is 1.77. The maximum atomic E-state index is 12.2. The maximum absolute atomic E-state index is 12.2. The zero-order valence-corrected chi connectivity index (χ0v) is 12.8. The molecule has 0 atom stereocenters. The van der Waals surface area contributed by atoms with Crippen LogP contribution >= 0.6 is 0 Å². The summed E-state index contributed by atoms with van der Waals surface area (Å²) in [5, 5.41) is 8.54. The van der Waals surface area contributed by atoms with Crippen molar-refractivity contribution in [2.45, 2.75) is 45.4 Å². The van der Waals surface area contributed by atoms with E-state index in [-0.39, 0.29) is 18.2 Å². The molecular formula is C17H21NO4. The van der Waals surface area contributed by atoms with Crippen LogP contribution in [0.5, 0.6) is 0 Å². The second-order valence-electron chi connectivity index (χ2n) is 5.72. The number of rotatable bonds is 8. The summed E-state index contributed by atoms with van der Waals surface area (Å²) >= 11 is 0. The Labute approximate surface area is 129 Å². The number of amides is 2. The zero-order chi connectivity index (χ0) is 16.1. The van der Waals surface area contributed by atoms with Crippen LogP contribution < -0.4 is 0 Å². The van der Waals surface area contributed by atoms with Crippen LogP contribution in [0.1, 0.15) is 64.8 Å². The van der Waals surface area contributed by atoms with Gasteiger partial charge in [0.25, 0.3) is 11.8 Å². The summed E-state index contributed by atoms with van der Waals surface area (Å²) < 4.78 is 0. The number of carbonyl (C=O) groups is 3. The van der Waals surface area contributed by atoms with Crippen LogP contribution in [-0.2, 0) is 4.79 Å². The molecule has 1 aliphatic heterocycles. The normalized spacial score (nSPS) is 13.6. The molecule has 22 heavy (non-hydrogen) atoms. The molecule has 1 aliphatic rings. The van der Waals surface area contributed by atoms with Crippen molar-refractivity contribution in [3.63, 3.8) is 0 Å². The van der Waals surface area contributed by atoms with Crippen molar-refractivity contribution in [3.8, 4) is 0 Å². The molecule has 0 aliphatic carbocycles. The van der Waals surface area contributed by atoms with Crippen LogP contribution in [0.4, 0.5) is 0 Å². The maximum Gasteiger partial charge on any atom is 0.303 e. The number of hydrogen-bond donors (Lipinski definition) is 1. The van der Waals surface area contributed by atoms with E-state index in [1.165, 1.54) is 4.90 Å². The topological polar surface area (TPSA) is 74.7 Å². The largest absolute Gasteiger partial charge is 0.481 e. The number of benzene rings is 1. The van der Waals surface area contributed by atoms with E-state index < -0.39 is 5.97 Å². The summed E-state index contributed by atoms with van der Waals surface area (Å²) in [6.07, 6.45) is 4.34. The van der Waals surface area contributed by atoms with Gasteiger partial charge in [0.1, 0.15) is 0 Å². The van der Waals surface area contributed by atoms with E-state index in [1.54, 1.807) is 12.1 Å². The van der Waals surface area contributed by atoms with Crippen LogP contribution in [0.25, 0.3) is 0 Å². The average molecular weight is 303 g/mol. The Bertz CT molecular complexity index is 594. The third-order valence-corrected chi connectivity index (χ3v) is 3.90. The number of fused-ring (bicyclic) bond motifs is 1. The van der Waals surface area contributed by atoms with Crippen LogP contribution in [0.15, 0.2) is 18.2 Å². The van der Waals surface area contributed by atoms with Crippen molar-refractivity contribution in [2.75, 3.05) is 6.54 Å². The number of unbranched alkanes of at least 4 members (excludes halogenated alkanes) is 4. The van der Waals surface area contributed by atoms with Gasteiger partial charge in [0, 0.05) is 13.0 Å². The zero-order valence-electron chi connectivity index (χ0n) is 12.8. The molecular weight excluding hydrogens is 282 g/mol. The highest BCUT2D eigenvalue weighted by Crippen LogP contribution is 2.24. The first-order valence-electron chi connectivity index (χ1n) is 7.69. The van der Waals surface area contributed by atoms with E-state index in [2.05, 4.69) is 0 Å². The van der Waals surface area contributed by atoms with Gasteiger partial charge in [-0.25, -0.2) is 0 Å². The van der Waals surface area contributed by atoms with Crippen molar-refractivity contribution in [1.82, 2.24) is 4.90 Å². The Kier molecular flexibility index (Phi) is 5.31. The molecule has 2 rings (SSSR count). The second kappa shape index (κ2) is 7.20. The van der Waals surface area contributed by atoms with E-state index in [9.17, 15) is 14.4 Å². The minimum absolute atomic E-state index is 0.199. The van der Waals surface area contributed by atoms with Gasteiger partial charge in [-0.1, -0.05) is 30.9 Å². The first-order valence-corrected chi connectivity index (χ1v) is 7.69. The molecule has 5 nitrogen and oxygen atoms in total. The predicted octanol–water partition coefficient (Wildman–Crippen LogP) is 3.02. The van der Waals surface area contributed by atoms with Crippen molar-refractivity contribution in [2.24, 2.45) is 0 Å². The molecule has 5 heteroatoms. The fourth-order valence-corrected chi connectivity index (χ4v) is 2.68. The third kappa shape index (κ3) is 3.72. The van der Waals surface area contributed by atoms with Gasteiger partial charge in [-0.05, 0) is 31.9 Å². The van der Waals surface area contributed by atoms with Crippen molar-refractivity contribution < 1.29 is 19.5 Å². The lowest BCUT2D eigenvalue weighted by Crippen LogP contribution is -2.30. The Morgan fingerprint density at radius 3 is 2.36 bits per heavy atom. The molecule has 1 heterocycles. The number of carboxylic acid groups (broad SMARTS) is 1. The molecule has 0 saturated heterocycles. The highest BCUT2D eigenvalue weighted by Gasteiger charge is 2.34. The van der Waals surface area contributed by atoms with E-state index in [4.69, 9.17) is 5.11 Å². The number of nitrogens with zero attached hydrogens (tertiary/aromatic N) is 1. The fourth-order valence-electron chi connectivity index (χ4n) is 2.68. The standard InChI is InChI=1S/C17H21NO4/c1-12-8-9-13-14(11-12)17(22)18(16(13)21)10-6-4-2-3-5-7-15(19)20/h8-9,11H,2-7,10H2,1H3,(H,19,20). The number of imide groups is 1. The summed E-state index contributed by atoms with van der Waals surface area (Å²) in [4.78, 5) is 36.1. The Morgan fingerprint density at radius 1 is 1.00 bits per heavy atom. The molecule has 118 valence electrons. The number of hydrogen-bond acceptors (Lipinski definition) is 3. The summed E-state index contributed by atoms with van der Waals surface area (Å²) in [6, 6.07) is 5.33. The van der Waals surface area contributed by atoms with Gasteiger partial charge in [-0.2, -0.15) is 0 Å². The van der Waals surface area contributed by atoms with Gasteiger partial charge in [-0.3, -0.25) is 19.3 Å². The lowest BCUT2D eigenvalue weighted by Gasteiger charge is -2.13. The summed E-state index contributed by atoms with van der Waals surface area (Å²) in [5.74, 6) is -1.17. The van der Waals surface area contributed by atoms with E-state index >= 15 is 0 Å². The first kappa shape index (κ1) is 16.2. The van der Waals surface area contributed by atoms with Crippen LogP contribution in [0.2, 0.25) is 0 Å². The number of aliphatic carboxylic acids is 1. The lowest BCUT2D eigenvalue weighted by molar-refractivity contribution is -0.137. The number of carbonyl (C=O) groups excluding carboxylic acids is 2. The predicted molar refractivity (Wildman–Crippen MR) is 81.9 cm³/mol. The molecule has 0 unspecified atom stereocenters. The summed E-state index contributed by atoms with van der Waals surface area (Å²) in [5.41, 5.74) is 1.98. The number of aryl methyl sites for hydroxylation is 1. The van der Waals surface area contributed by atoms with Crippen LogP contribution in [0, 0.1) is 6.92 Å². The molecule has 0 saturated carbocycles. The molecule has 1 aromatic rings. The molecule has 2 amide bonds. The molecule has 0 aromatic heterocycles. The quantitative estimate of drug-likeness (QED) is 0.591. The monoisotopic (exact) mass is 303 g/mol. The Hall–Kier alpha value is -2.17. The van der Waals surface area contributed by atoms with Gasteiger partial charge >= 0.3 is 5.97 Å². The van der Waals surface area contributed by atoms with Gasteiger partial charge in [0.2, 0.25) is 0 Å². The highest BCUT2D eigenvalue weighted by molar-refractivity contribution is 6.21. The second-order valence-corrected chi connectivity index (χ2v) is 5.72. The molecule has 1 N–H and O–H groups in total. The Morgan fingerprint density at radius 2 is 1.64 bits per heavy atom.